The molecule has 0 bridgehead atoms. The summed E-state index contributed by atoms with van der Waals surface area (Å²) in [6.45, 7) is 4.11. The fraction of sp³-hybridized carbons (Fsp3) is 0.0857. The summed E-state index contributed by atoms with van der Waals surface area (Å²) in [4.78, 5) is 18.0. The van der Waals surface area contributed by atoms with Gasteiger partial charge in [-0.25, -0.2) is 0 Å². The summed E-state index contributed by atoms with van der Waals surface area (Å²) < 4.78 is 0. The number of hydrogen-bond donors (Lipinski definition) is 0. The maximum absolute atomic E-state index is 4.70. The van der Waals surface area contributed by atoms with Crippen molar-refractivity contribution in [1.82, 2.24) is 19.9 Å². The van der Waals surface area contributed by atoms with Crippen molar-refractivity contribution in [2.24, 2.45) is 0 Å². The van der Waals surface area contributed by atoms with Gasteiger partial charge in [-0.3, -0.25) is 19.9 Å². The van der Waals surface area contributed by atoms with Gasteiger partial charge in [-0.2, -0.15) is 0 Å². The van der Waals surface area contributed by atoms with Crippen LogP contribution < -0.4 is 0 Å². The third-order valence-corrected chi connectivity index (χ3v) is 7.69. The summed E-state index contributed by atoms with van der Waals surface area (Å²) in [5, 5.41) is 0. The second-order valence-electron chi connectivity index (χ2n) is 10.1. The quantitative estimate of drug-likeness (QED) is 0.178. The van der Waals surface area contributed by atoms with Crippen molar-refractivity contribution in [3.8, 4) is 33.9 Å². The van der Waals surface area contributed by atoms with E-state index in [1.807, 2.05) is 61.2 Å². The number of aromatic nitrogens is 4. The first-order valence-corrected chi connectivity index (χ1v) is 13.1. The molecule has 8 rings (SSSR count). The van der Waals surface area contributed by atoms with Crippen LogP contribution in [0.4, 0.5) is 0 Å². The van der Waals surface area contributed by atoms with Crippen LogP contribution in [0.5, 0.6) is 0 Å². The number of aryl methyl sites for hydroxylation is 2. The second-order valence-corrected chi connectivity index (χ2v) is 10.1. The molecule has 4 aromatic heterocycles. The molecular formula is C35H26IrN4. The summed E-state index contributed by atoms with van der Waals surface area (Å²) in [7, 11) is 0. The Labute approximate surface area is 247 Å². The largest absolute Gasteiger partial charge is 0.255 e. The molecule has 2 aliphatic carbocycles. The van der Waals surface area contributed by atoms with Gasteiger partial charge in [0.1, 0.15) is 0 Å². The van der Waals surface area contributed by atoms with E-state index in [0.717, 1.165) is 22.8 Å². The van der Waals surface area contributed by atoms with Crippen LogP contribution in [0.2, 0.25) is 0 Å². The Morgan fingerprint density at radius 3 is 1.32 bits per heavy atom. The van der Waals surface area contributed by atoms with Crippen molar-refractivity contribution >= 4 is 0 Å². The van der Waals surface area contributed by atoms with Gasteiger partial charge in [0.2, 0.25) is 0 Å². The standard InChI is InChI=1S/C23H14N2.C12H12N2.Ir/c1-3-9-17-15(7-1)16-8-2-4-10-18(16)23(17)19-11-5-13-24-21(19)22-20(23)12-6-14-25-22;1-9-3-5-13-11(7-9)12-8-10(2)4-6-14-12;/h1-14H;3-8H,1-2H3;. The van der Waals surface area contributed by atoms with E-state index in [1.54, 1.807) is 0 Å². The van der Waals surface area contributed by atoms with E-state index in [9.17, 15) is 0 Å². The van der Waals surface area contributed by atoms with Crippen molar-refractivity contribution < 1.29 is 20.1 Å². The molecule has 195 valence electrons. The summed E-state index contributed by atoms with van der Waals surface area (Å²) >= 11 is 0. The minimum Gasteiger partial charge on any atom is -0.255 e. The molecule has 1 spiro atoms. The molecule has 0 N–H and O–H groups in total. The Balaban J connectivity index is 0.000000166. The van der Waals surface area contributed by atoms with E-state index in [1.165, 1.54) is 44.5 Å². The van der Waals surface area contributed by atoms with Gasteiger partial charge in [-0.15, -0.1) is 0 Å². The molecule has 6 aromatic rings. The van der Waals surface area contributed by atoms with Crippen molar-refractivity contribution in [3.63, 3.8) is 0 Å². The molecule has 4 heterocycles. The predicted molar refractivity (Wildman–Crippen MR) is 155 cm³/mol. The van der Waals surface area contributed by atoms with Gasteiger partial charge in [0, 0.05) is 44.9 Å². The van der Waals surface area contributed by atoms with E-state index >= 15 is 0 Å². The van der Waals surface area contributed by atoms with E-state index in [2.05, 4.69) is 84.5 Å². The second kappa shape index (κ2) is 10.3. The molecular weight excluding hydrogens is 669 g/mol. The Morgan fingerprint density at radius 1 is 0.450 bits per heavy atom. The zero-order valence-corrected chi connectivity index (χ0v) is 24.6. The molecule has 1 radical (unpaired) electrons. The van der Waals surface area contributed by atoms with Crippen LogP contribution in [0.3, 0.4) is 0 Å². The predicted octanol–water partition coefficient (Wildman–Crippen LogP) is 7.58. The molecule has 4 nitrogen and oxygen atoms in total. The minimum absolute atomic E-state index is 0. The zero-order chi connectivity index (χ0) is 26.4. The van der Waals surface area contributed by atoms with Crippen LogP contribution in [-0.2, 0) is 25.5 Å². The molecule has 0 fully saturated rings. The smallest absolute Gasteiger partial charge is 0.0937 e. The summed E-state index contributed by atoms with van der Waals surface area (Å²) in [6, 6.07) is 34.0. The maximum Gasteiger partial charge on any atom is 0.0937 e. The fourth-order valence-corrected chi connectivity index (χ4v) is 6.11. The number of rotatable bonds is 1. The van der Waals surface area contributed by atoms with Gasteiger partial charge in [0.15, 0.2) is 0 Å². The number of pyridine rings is 4. The molecule has 0 unspecified atom stereocenters. The number of benzene rings is 2. The van der Waals surface area contributed by atoms with Crippen LogP contribution >= 0.6 is 0 Å². The number of nitrogens with zero attached hydrogens (tertiary/aromatic N) is 4. The van der Waals surface area contributed by atoms with Crippen LogP contribution in [0.25, 0.3) is 33.9 Å². The first kappa shape index (κ1) is 25.9. The molecule has 0 saturated heterocycles. The maximum atomic E-state index is 4.70. The SMILES string of the molecule is Cc1ccnc(-c2cc(C)ccn2)c1.[Ir].c1ccc2c(c1)-c1ccccc1C21c2cccnc2-c2ncccc21. The Bertz CT molecular complexity index is 1630. The van der Waals surface area contributed by atoms with E-state index < -0.39 is 0 Å². The Morgan fingerprint density at radius 2 is 0.875 bits per heavy atom. The summed E-state index contributed by atoms with van der Waals surface area (Å²) in [6.07, 6.45) is 7.36. The first-order chi connectivity index (χ1) is 19.2. The molecule has 0 aliphatic heterocycles. The number of fused-ring (bicyclic) bond motifs is 10. The summed E-state index contributed by atoms with van der Waals surface area (Å²) in [5.41, 5.74) is 13.7. The number of hydrogen-bond acceptors (Lipinski definition) is 4. The normalized spacial score (nSPS) is 12.8. The van der Waals surface area contributed by atoms with Crippen molar-refractivity contribution in [2.75, 3.05) is 0 Å². The average Bonchev–Trinajstić information content (AvgIpc) is 3.45. The first-order valence-electron chi connectivity index (χ1n) is 13.1. The van der Waals surface area contributed by atoms with Gasteiger partial charge in [-0.1, -0.05) is 60.7 Å². The third-order valence-electron chi connectivity index (χ3n) is 7.69. The molecule has 0 saturated carbocycles. The van der Waals surface area contributed by atoms with Crippen molar-refractivity contribution in [1.29, 1.82) is 0 Å². The van der Waals surface area contributed by atoms with Gasteiger partial charge in [-0.05, 0) is 94.8 Å². The van der Waals surface area contributed by atoms with Crippen LogP contribution in [0.15, 0.2) is 122 Å². The van der Waals surface area contributed by atoms with Gasteiger partial charge in [0.05, 0.1) is 28.2 Å². The summed E-state index contributed by atoms with van der Waals surface area (Å²) in [5.74, 6) is 0. The van der Waals surface area contributed by atoms with Gasteiger partial charge in [0.25, 0.3) is 0 Å². The third kappa shape index (κ3) is 3.93. The fourth-order valence-electron chi connectivity index (χ4n) is 6.11. The molecule has 0 amide bonds. The molecule has 2 aliphatic rings. The van der Waals surface area contributed by atoms with Crippen LogP contribution in [0, 0.1) is 13.8 Å². The van der Waals surface area contributed by atoms with E-state index in [-0.39, 0.29) is 25.5 Å². The van der Waals surface area contributed by atoms with Crippen molar-refractivity contribution in [2.45, 2.75) is 19.3 Å². The molecule has 0 atom stereocenters. The van der Waals surface area contributed by atoms with Gasteiger partial charge < -0.3 is 0 Å². The van der Waals surface area contributed by atoms with E-state index in [0.29, 0.717) is 0 Å². The zero-order valence-electron chi connectivity index (χ0n) is 22.2. The minimum atomic E-state index is -0.305. The Kier molecular flexibility index (Phi) is 6.71. The van der Waals surface area contributed by atoms with Crippen LogP contribution in [-0.4, -0.2) is 19.9 Å². The average molecular weight is 695 g/mol. The Hall–Kier alpha value is -4.31. The van der Waals surface area contributed by atoms with Crippen LogP contribution in [0.1, 0.15) is 33.4 Å². The van der Waals surface area contributed by atoms with Gasteiger partial charge >= 0.3 is 0 Å². The monoisotopic (exact) mass is 695 g/mol. The molecule has 2 aromatic carbocycles. The molecule has 40 heavy (non-hydrogen) atoms. The van der Waals surface area contributed by atoms with Crippen molar-refractivity contribution in [3.05, 3.63) is 155 Å². The van der Waals surface area contributed by atoms with E-state index in [4.69, 9.17) is 9.97 Å². The molecule has 5 heteroatoms. The topological polar surface area (TPSA) is 51.6 Å².